The van der Waals surface area contributed by atoms with Crippen molar-refractivity contribution in [1.29, 1.82) is 0 Å². The molecule has 2 atom stereocenters. The lowest BCUT2D eigenvalue weighted by molar-refractivity contribution is -0.121. The first-order valence-electron chi connectivity index (χ1n) is 6.59. The van der Waals surface area contributed by atoms with E-state index < -0.39 is 0 Å². The average Bonchev–Trinajstić information content (AvgIpc) is 2.33. The topological polar surface area (TPSA) is 29.1 Å². The van der Waals surface area contributed by atoms with Crippen LogP contribution in [0.25, 0.3) is 0 Å². The van der Waals surface area contributed by atoms with Crippen LogP contribution in [0.4, 0.5) is 0 Å². The first-order chi connectivity index (χ1) is 8.25. The van der Waals surface area contributed by atoms with Crippen LogP contribution >= 0.6 is 0 Å². The van der Waals surface area contributed by atoms with Crippen molar-refractivity contribution in [2.24, 2.45) is 5.92 Å². The van der Waals surface area contributed by atoms with Gasteiger partial charge < -0.3 is 5.32 Å². The Morgan fingerprint density at radius 1 is 1.24 bits per heavy atom. The molecule has 2 nitrogen and oxygen atoms in total. The van der Waals surface area contributed by atoms with Crippen LogP contribution in [0.5, 0.6) is 0 Å². The summed E-state index contributed by atoms with van der Waals surface area (Å²) in [5.41, 5.74) is 1.09. The van der Waals surface area contributed by atoms with Crippen molar-refractivity contribution in [1.82, 2.24) is 5.32 Å². The summed E-state index contributed by atoms with van der Waals surface area (Å²) in [6, 6.07) is 10.3. The first-order valence-corrected chi connectivity index (χ1v) is 6.59. The molecule has 0 radical (unpaired) electrons. The summed E-state index contributed by atoms with van der Waals surface area (Å²) < 4.78 is 0. The lowest BCUT2D eigenvalue weighted by Crippen LogP contribution is -2.41. The highest BCUT2D eigenvalue weighted by molar-refractivity contribution is 5.78. The molecule has 0 aromatic heterocycles. The number of hydrogen-bond donors (Lipinski definition) is 1. The second kappa shape index (κ2) is 5.85. The molecule has 2 rings (SSSR count). The third kappa shape index (κ3) is 3.58. The normalized spacial score (nSPS) is 24.3. The van der Waals surface area contributed by atoms with Gasteiger partial charge in [-0.15, -0.1) is 0 Å². The Morgan fingerprint density at radius 3 is 2.65 bits per heavy atom. The zero-order valence-corrected chi connectivity index (χ0v) is 10.5. The second-order valence-electron chi connectivity index (χ2n) is 5.10. The Balaban J connectivity index is 1.84. The van der Waals surface area contributed by atoms with E-state index in [9.17, 15) is 4.79 Å². The van der Waals surface area contributed by atoms with Gasteiger partial charge in [-0.25, -0.2) is 0 Å². The Labute approximate surface area is 103 Å². The van der Waals surface area contributed by atoms with E-state index in [0.29, 0.717) is 18.4 Å². The fraction of sp³-hybridized carbons (Fsp3) is 0.533. The summed E-state index contributed by atoms with van der Waals surface area (Å²) in [5.74, 6) is 0.790. The smallest absolute Gasteiger partial charge is 0.224 e. The van der Waals surface area contributed by atoms with Crippen LogP contribution in [-0.4, -0.2) is 11.9 Å². The largest absolute Gasteiger partial charge is 0.353 e. The molecule has 1 saturated carbocycles. The van der Waals surface area contributed by atoms with Gasteiger partial charge in [-0.2, -0.15) is 0 Å². The van der Waals surface area contributed by atoms with Crippen molar-refractivity contribution in [2.45, 2.75) is 45.1 Å². The predicted molar refractivity (Wildman–Crippen MR) is 69.7 cm³/mol. The zero-order chi connectivity index (χ0) is 12.1. The molecule has 2 unspecified atom stereocenters. The lowest BCUT2D eigenvalue weighted by atomic mass is 9.86. The lowest BCUT2D eigenvalue weighted by Gasteiger charge is -2.29. The SMILES string of the molecule is CC1CCCCC1NC(=O)Cc1ccccc1. The molecule has 0 spiro atoms. The van der Waals surface area contributed by atoms with E-state index in [-0.39, 0.29) is 5.91 Å². The fourth-order valence-electron chi connectivity index (χ4n) is 2.57. The molecule has 1 aromatic rings. The van der Waals surface area contributed by atoms with Gasteiger partial charge in [-0.1, -0.05) is 50.1 Å². The summed E-state index contributed by atoms with van der Waals surface area (Å²) in [5, 5.41) is 3.18. The van der Waals surface area contributed by atoms with Crippen LogP contribution in [0, 0.1) is 5.92 Å². The molecular formula is C15H21NO. The van der Waals surface area contributed by atoms with Gasteiger partial charge >= 0.3 is 0 Å². The third-order valence-corrected chi connectivity index (χ3v) is 3.67. The van der Waals surface area contributed by atoms with E-state index in [2.05, 4.69) is 12.2 Å². The zero-order valence-electron chi connectivity index (χ0n) is 10.5. The van der Waals surface area contributed by atoms with Crippen molar-refractivity contribution in [3.05, 3.63) is 35.9 Å². The molecule has 1 fully saturated rings. The van der Waals surface area contributed by atoms with E-state index in [1.165, 1.54) is 19.3 Å². The Bertz CT molecular complexity index is 360. The number of nitrogens with one attached hydrogen (secondary N) is 1. The van der Waals surface area contributed by atoms with Gasteiger partial charge in [0.15, 0.2) is 0 Å². The number of hydrogen-bond acceptors (Lipinski definition) is 1. The quantitative estimate of drug-likeness (QED) is 0.851. The number of amides is 1. The highest BCUT2D eigenvalue weighted by atomic mass is 16.1. The molecule has 1 aromatic carbocycles. The van der Waals surface area contributed by atoms with Crippen LogP contribution in [0.3, 0.4) is 0 Å². The maximum absolute atomic E-state index is 11.9. The van der Waals surface area contributed by atoms with Crippen LogP contribution in [-0.2, 0) is 11.2 Å². The van der Waals surface area contributed by atoms with E-state index in [4.69, 9.17) is 0 Å². The first kappa shape index (κ1) is 12.2. The molecule has 2 heteroatoms. The summed E-state index contributed by atoms with van der Waals surface area (Å²) >= 11 is 0. The average molecular weight is 231 g/mol. The molecule has 0 bridgehead atoms. The van der Waals surface area contributed by atoms with Gasteiger partial charge in [0.2, 0.25) is 5.91 Å². The molecule has 1 N–H and O–H groups in total. The van der Waals surface area contributed by atoms with E-state index in [1.807, 2.05) is 30.3 Å². The van der Waals surface area contributed by atoms with Gasteiger partial charge in [0.05, 0.1) is 6.42 Å². The third-order valence-electron chi connectivity index (χ3n) is 3.67. The maximum atomic E-state index is 11.9. The van der Waals surface area contributed by atoms with Crippen molar-refractivity contribution in [3.8, 4) is 0 Å². The van der Waals surface area contributed by atoms with Crippen LogP contribution in [0.1, 0.15) is 38.2 Å². The molecule has 0 saturated heterocycles. The Kier molecular flexibility index (Phi) is 4.18. The summed E-state index contributed by atoms with van der Waals surface area (Å²) in [6.45, 7) is 2.24. The monoisotopic (exact) mass is 231 g/mol. The molecule has 0 aliphatic heterocycles. The van der Waals surface area contributed by atoms with Gasteiger partial charge in [0.1, 0.15) is 0 Å². The van der Waals surface area contributed by atoms with Gasteiger partial charge in [0.25, 0.3) is 0 Å². The second-order valence-corrected chi connectivity index (χ2v) is 5.10. The van der Waals surface area contributed by atoms with Gasteiger partial charge in [-0.05, 0) is 24.3 Å². The van der Waals surface area contributed by atoms with E-state index >= 15 is 0 Å². The van der Waals surface area contributed by atoms with Crippen molar-refractivity contribution in [2.75, 3.05) is 0 Å². The standard InChI is InChI=1S/C15H21NO/c1-12-7-5-6-10-14(12)16-15(17)11-13-8-3-2-4-9-13/h2-4,8-9,12,14H,5-7,10-11H2,1H3,(H,16,17). The summed E-state index contributed by atoms with van der Waals surface area (Å²) in [6.07, 6.45) is 5.45. The van der Waals surface area contributed by atoms with Gasteiger partial charge in [-0.3, -0.25) is 4.79 Å². The minimum Gasteiger partial charge on any atom is -0.353 e. The van der Waals surface area contributed by atoms with E-state index in [1.54, 1.807) is 0 Å². The molecule has 92 valence electrons. The maximum Gasteiger partial charge on any atom is 0.224 e. The minimum atomic E-state index is 0.162. The van der Waals surface area contributed by atoms with E-state index in [0.717, 1.165) is 12.0 Å². The summed E-state index contributed by atoms with van der Waals surface area (Å²) in [7, 11) is 0. The van der Waals surface area contributed by atoms with Crippen molar-refractivity contribution < 1.29 is 4.79 Å². The van der Waals surface area contributed by atoms with Crippen LogP contribution in [0.15, 0.2) is 30.3 Å². The van der Waals surface area contributed by atoms with Crippen molar-refractivity contribution >= 4 is 5.91 Å². The molecule has 17 heavy (non-hydrogen) atoms. The minimum absolute atomic E-state index is 0.162. The molecule has 1 aliphatic carbocycles. The summed E-state index contributed by atoms with van der Waals surface area (Å²) in [4.78, 5) is 11.9. The number of carbonyl (C=O) groups excluding carboxylic acids is 1. The number of carbonyl (C=O) groups is 1. The van der Waals surface area contributed by atoms with Crippen LogP contribution in [0.2, 0.25) is 0 Å². The van der Waals surface area contributed by atoms with Crippen molar-refractivity contribution in [3.63, 3.8) is 0 Å². The molecule has 1 amide bonds. The highest BCUT2D eigenvalue weighted by Crippen LogP contribution is 2.23. The van der Waals surface area contributed by atoms with Gasteiger partial charge in [0, 0.05) is 6.04 Å². The molecule has 0 heterocycles. The number of benzene rings is 1. The predicted octanol–water partition coefficient (Wildman–Crippen LogP) is 2.92. The number of rotatable bonds is 3. The Morgan fingerprint density at radius 2 is 1.94 bits per heavy atom. The van der Waals surface area contributed by atoms with Crippen LogP contribution < -0.4 is 5.32 Å². The molecule has 1 aliphatic rings. The highest BCUT2D eigenvalue weighted by Gasteiger charge is 2.22. The fourth-order valence-corrected chi connectivity index (χ4v) is 2.57. The molecular weight excluding hydrogens is 210 g/mol. The Hall–Kier alpha value is -1.31.